The monoisotopic (exact) mass is 266 g/mol. The van der Waals surface area contributed by atoms with Gasteiger partial charge >= 0.3 is 0 Å². The maximum absolute atomic E-state index is 12.4. The predicted octanol–water partition coefficient (Wildman–Crippen LogP) is 1.62. The normalized spacial score (nSPS) is 10.5. The molecule has 1 aromatic carbocycles. The fraction of sp³-hybridized carbons (Fsp3) is 0.385. The molecule has 0 fully saturated rings. The van der Waals surface area contributed by atoms with E-state index in [4.69, 9.17) is 5.73 Å². The van der Waals surface area contributed by atoms with Crippen molar-refractivity contribution in [2.75, 3.05) is 6.54 Å². The molecule has 1 aromatic rings. The Kier molecular flexibility index (Phi) is 4.78. The highest BCUT2D eigenvalue weighted by Gasteiger charge is 2.21. The molecule has 0 aliphatic rings. The fourth-order valence-electron chi connectivity index (χ4n) is 1.65. The quantitative estimate of drug-likeness (QED) is 0.813. The molecular formula is C13H18N2O2S. The number of benzene rings is 1. The lowest BCUT2D eigenvalue weighted by Crippen LogP contribution is -2.43. The molecular weight excluding hydrogens is 248 g/mol. The molecule has 2 N–H and O–H groups in total. The number of nitrogens with two attached hydrogens (primary N) is 1. The third kappa shape index (κ3) is 3.50. The number of carbonyl (C=O) groups excluding carboxylic acids is 2. The lowest BCUT2D eigenvalue weighted by Gasteiger charge is -2.26. The summed E-state index contributed by atoms with van der Waals surface area (Å²) in [5.41, 5.74) is 6.57. The first kappa shape index (κ1) is 14.6. The maximum Gasteiger partial charge on any atom is 0.254 e. The molecule has 0 heterocycles. The Morgan fingerprint density at radius 1 is 1.39 bits per heavy atom. The highest BCUT2D eigenvalue weighted by molar-refractivity contribution is 7.80. The molecule has 4 nitrogen and oxygen atoms in total. The second-order valence-corrected chi connectivity index (χ2v) is 5.01. The Labute approximate surface area is 113 Å². The Balaban J connectivity index is 3.09. The van der Waals surface area contributed by atoms with Crippen LogP contribution in [-0.4, -0.2) is 29.3 Å². The van der Waals surface area contributed by atoms with Crippen molar-refractivity contribution in [3.05, 3.63) is 29.3 Å². The van der Waals surface area contributed by atoms with Crippen molar-refractivity contribution < 1.29 is 9.59 Å². The minimum absolute atomic E-state index is 0.0766. The molecule has 0 saturated carbocycles. The van der Waals surface area contributed by atoms with Crippen molar-refractivity contribution >= 4 is 24.4 Å². The van der Waals surface area contributed by atoms with E-state index in [2.05, 4.69) is 12.6 Å². The largest absolute Gasteiger partial charge is 0.368 e. The summed E-state index contributed by atoms with van der Waals surface area (Å²) in [5, 5.41) is 0. The lowest BCUT2D eigenvalue weighted by atomic mass is 10.1. The van der Waals surface area contributed by atoms with Crippen LogP contribution in [-0.2, 0) is 4.79 Å². The maximum atomic E-state index is 12.4. The van der Waals surface area contributed by atoms with E-state index in [9.17, 15) is 9.59 Å². The number of amides is 2. The minimum atomic E-state index is -0.517. The van der Waals surface area contributed by atoms with Crippen molar-refractivity contribution in [2.24, 2.45) is 5.73 Å². The van der Waals surface area contributed by atoms with E-state index < -0.39 is 5.91 Å². The van der Waals surface area contributed by atoms with Crippen molar-refractivity contribution in [1.29, 1.82) is 0 Å². The second kappa shape index (κ2) is 5.91. The van der Waals surface area contributed by atoms with Crippen LogP contribution in [0.1, 0.15) is 29.8 Å². The molecule has 0 aliphatic carbocycles. The van der Waals surface area contributed by atoms with Gasteiger partial charge in [-0.1, -0.05) is 6.07 Å². The van der Waals surface area contributed by atoms with E-state index in [1.807, 2.05) is 32.9 Å². The summed E-state index contributed by atoms with van der Waals surface area (Å²) >= 11 is 4.22. The number of carbonyl (C=O) groups is 2. The van der Waals surface area contributed by atoms with Crippen LogP contribution in [0.3, 0.4) is 0 Å². The fourth-order valence-corrected chi connectivity index (χ4v) is 1.86. The van der Waals surface area contributed by atoms with E-state index in [1.165, 1.54) is 4.90 Å². The van der Waals surface area contributed by atoms with Crippen LogP contribution in [0.25, 0.3) is 0 Å². The number of primary amides is 1. The molecule has 18 heavy (non-hydrogen) atoms. The smallest absolute Gasteiger partial charge is 0.254 e. The van der Waals surface area contributed by atoms with Gasteiger partial charge in [0.15, 0.2) is 0 Å². The Morgan fingerprint density at radius 2 is 2.00 bits per heavy atom. The lowest BCUT2D eigenvalue weighted by molar-refractivity contribution is -0.119. The SMILES string of the molecule is Cc1ccc(S)cc1C(=O)N(CC(N)=O)C(C)C. The first-order valence-corrected chi connectivity index (χ1v) is 6.16. The van der Waals surface area contributed by atoms with Gasteiger partial charge in [0.25, 0.3) is 5.91 Å². The third-order valence-corrected chi connectivity index (χ3v) is 2.94. The Bertz CT molecular complexity index is 472. The molecule has 0 saturated heterocycles. The van der Waals surface area contributed by atoms with Crippen LogP contribution in [0.2, 0.25) is 0 Å². The van der Waals surface area contributed by atoms with Gasteiger partial charge in [-0.2, -0.15) is 0 Å². The van der Waals surface area contributed by atoms with Crippen molar-refractivity contribution in [2.45, 2.75) is 31.7 Å². The van der Waals surface area contributed by atoms with Crippen LogP contribution in [0.15, 0.2) is 23.1 Å². The third-order valence-electron chi connectivity index (χ3n) is 2.66. The standard InChI is InChI=1S/C13H18N2O2S/c1-8(2)15(7-12(14)16)13(17)11-6-10(18)5-4-9(11)3/h4-6,8,18H,7H2,1-3H3,(H2,14,16). The molecule has 5 heteroatoms. The number of thiol groups is 1. The molecule has 98 valence electrons. The number of hydrogen-bond acceptors (Lipinski definition) is 3. The average molecular weight is 266 g/mol. The highest BCUT2D eigenvalue weighted by Crippen LogP contribution is 2.17. The van der Waals surface area contributed by atoms with Crippen molar-refractivity contribution in [1.82, 2.24) is 4.90 Å². The summed E-state index contributed by atoms with van der Waals surface area (Å²) < 4.78 is 0. The molecule has 0 radical (unpaired) electrons. The van der Waals surface area contributed by atoms with Gasteiger partial charge in [-0.05, 0) is 38.5 Å². The number of hydrogen-bond donors (Lipinski definition) is 2. The van der Waals surface area contributed by atoms with E-state index in [0.29, 0.717) is 10.5 Å². The van der Waals surface area contributed by atoms with Gasteiger partial charge in [0.1, 0.15) is 0 Å². The second-order valence-electron chi connectivity index (χ2n) is 4.49. The summed E-state index contributed by atoms with van der Waals surface area (Å²) in [5.74, 6) is -0.714. The van der Waals surface area contributed by atoms with Crippen molar-refractivity contribution in [3.63, 3.8) is 0 Å². The van der Waals surface area contributed by atoms with Gasteiger partial charge in [0.2, 0.25) is 5.91 Å². The molecule has 0 atom stereocenters. The first-order chi connectivity index (χ1) is 8.32. The minimum Gasteiger partial charge on any atom is -0.368 e. The van der Waals surface area contributed by atoms with Crippen LogP contribution < -0.4 is 5.73 Å². The molecule has 1 rings (SSSR count). The molecule has 0 bridgehead atoms. The first-order valence-electron chi connectivity index (χ1n) is 5.71. The van der Waals surface area contributed by atoms with Crippen LogP contribution >= 0.6 is 12.6 Å². The topological polar surface area (TPSA) is 63.4 Å². The predicted molar refractivity (Wildman–Crippen MR) is 73.8 cm³/mol. The number of nitrogens with zero attached hydrogens (tertiary/aromatic N) is 1. The Morgan fingerprint density at radius 3 is 2.50 bits per heavy atom. The molecule has 0 aromatic heterocycles. The number of rotatable bonds is 4. The van der Waals surface area contributed by atoms with E-state index in [0.717, 1.165) is 5.56 Å². The zero-order chi connectivity index (χ0) is 13.9. The van der Waals surface area contributed by atoms with Gasteiger partial charge in [-0.15, -0.1) is 12.6 Å². The van der Waals surface area contributed by atoms with Gasteiger partial charge in [0.05, 0.1) is 6.54 Å². The average Bonchev–Trinajstić information content (AvgIpc) is 2.27. The molecule has 0 unspecified atom stereocenters. The van der Waals surface area contributed by atoms with Crippen LogP contribution in [0, 0.1) is 6.92 Å². The summed E-state index contributed by atoms with van der Waals surface area (Å²) in [7, 11) is 0. The molecule has 0 aliphatic heterocycles. The summed E-state index contributed by atoms with van der Waals surface area (Å²) in [6.45, 7) is 5.47. The highest BCUT2D eigenvalue weighted by atomic mass is 32.1. The van der Waals surface area contributed by atoms with Gasteiger partial charge < -0.3 is 10.6 Å². The zero-order valence-electron chi connectivity index (χ0n) is 10.8. The van der Waals surface area contributed by atoms with Crippen molar-refractivity contribution in [3.8, 4) is 0 Å². The summed E-state index contributed by atoms with van der Waals surface area (Å²) in [4.78, 5) is 25.6. The van der Waals surface area contributed by atoms with Gasteiger partial charge in [0, 0.05) is 16.5 Å². The molecule has 0 spiro atoms. The number of aryl methyl sites for hydroxylation is 1. The van der Waals surface area contributed by atoms with Crippen LogP contribution in [0.4, 0.5) is 0 Å². The summed E-state index contributed by atoms with van der Waals surface area (Å²) in [6.07, 6.45) is 0. The molecule has 2 amide bonds. The van der Waals surface area contributed by atoms with E-state index in [-0.39, 0.29) is 18.5 Å². The van der Waals surface area contributed by atoms with E-state index >= 15 is 0 Å². The van der Waals surface area contributed by atoms with Crippen LogP contribution in [0.5, 0.6) is 0 Å². The van der Waals surface area contributed by atoms with E-state index in [1.54, 1.807) is 6.07 Å². The zero-order valence-corrected chi connectivity index (χ0v) is 11.7. The van der Waals surface area contributed by atoms with Gasteiger partial charge in [-0.3, -0.25) is 9.59 Å². The Hall–Kier alpha value is -1.49. The summed E-state index contributed by atoms with van der Waals surface area (Å²) in [6, 6.07) is 5.27. The van der Waals surface area contributed by atoms with Gasteiger partial charge in [-0.25, -0.2) is 0 Å².